The number of carbonyl (C=O) groups is 1. The Hall–Kier alpha value is -1.06. The molecule has 0 aliphatic carbocycles. The van der Waals surface area contributed by atoms with Gasteiger partial charge in [0.25, 0.3) is 16.1 Å². The molecular formula is C10H14F2N2O4S. The largest absolute Gasteiger partial charge is 0.480 e. The highest BCUT2D eigenvalue weighted by molar-refractivity contribution is 7.86. The number of aliphatic carboxylic acids is 1. The lowest BCUT2D eigenvalue weighted by atomic mass is 10.1. The molecule has 0 radical (unpaired) electrons. The SMILES string of the molecule is O=C(O)C1C=CCN1S(=O)(=O)N1CCC(F)(F)CC1. The van der Waals surface area contributed by atoms with Crippen LogP contribution in [-0.4, -0.2) is 59.7 Å². The quantitative estimate of drug-likeness (QED) is 0.759. The van der Waals surface area contributed by atoms with Gasteiger partial charge in [0.15, 0.2) is 0 Å². The Morgan fingerprint density at radius 1 is 1.32 bits per heavy atom. The van der Waals surface area contributed by atoms with Crippen molar-refractivity contribution < 1.29 is 27.1 Å². The predicted octanol–water partition coefficient (Wildman–Crippen LogP) is 0.287. The first kappa shape index (κ1) is 14.4. The number of carboxylic acid groups (broad SMARTS) is 1. The summed E-state index contributed by atoms with van der Waals surface area (Å²) in [6.07, 6.45) is 1.64. The second-order valence-electron chi connectivity index (χ2n) is 4.54. The van der Waals surface area contributed by atoms with Gasteiger partial charge in [-0.25, -0.2) is 8.78 Å². The van der Waals surface area contributed by atoms with Crippen LogP contribution >= 0.6 is 0 Å². The van der Waals surface area contributed by atoms with Crippen molar-refractivity contribution in [3.63, 3.8) is 0 Å². The lowest BCUT2D eigenvalue weighted by molar-refractivity contribution is -0.139. The Balaban J connectivity index is 2.13. The number of alkyl halides is 2. The third-order valence-corrected chi connectivity index (χ3v) is 5.23. The van der Waals surface area contributed by atoms with Gasteiger partial charge in [-0.1, -0.05) is 12.2 Å². The molecule has 0 saturated carbocycles. The predicted molar refractivity (Wildman–Crippen MR) is 61.9 cm³/mol. The van der Waals surface area contributed by atoms with Gasteiger partial charge in [-0.3, -0.25) is 4.79 Å². The summed E-state index contributed by atoms with van der Waals surface area (Å²) in [5, 5.41) is 8.93. The van der Waals surface area contributed by atoms with Crippen LogP contribution in [0.3, 0.4) is 0 Å². The van der Waals surface area contributed by atoms with Crippen LogP contribution in [0.25, 0.3) is 0 Å². The topological polar surface area (TPSA) is 77.9 Å². The van der Waals surface area contributed by atoms with Crippen molar-refractivity contribution in [1.29, 1.82) is 0 Å². The number of piperidine rings is 1. The molecule has 1 unspecified atom stereocenters. The molecule has 0 amide bonds. The minimum absolute atomic E-state index is 0.0494. The monoisotopic (exact) mass is 296 g/mol. The maximum atomic E-state index is 13.0. The van der Waals surface area contributed by atoms with E-state index in [9.17, 15) is 22.0 Å². The molecule has 2 aliphatic rings. The molecule has 2 aliphatic heterocycles. The lowest BCUT2D eigenvalue weighted by Gasteiger charge is -2.34. The number of hydrogen-bond donors (Lipinski definition) is 1. The number of halogens is 2. The van der Waals surface area contributed by atoms with Crippen LogP contribution in [0.5, 0.6) is 0 Å². The maximum Gasteiger partial charge on any atom is 0.326 e. The molecule has 1 N–H and O–H groups in total. The fourth-order valence-corrected chi connectivity index (χ4v) is 3.80. The van der Waals surface area contributed by atoms with Crippen molar-refractivity contribution in [2.45, 2.75) is 24.8 Å². The van der Waals surface area contributed by atoms with Crippen molar-refractivity contribution in [2.24, 2.45) is 0 Å². The summed E-state index contributed by atoms with van der Waals surface area (Å²) in [5.74, 6) is -4.12. The Bertz CT molecular complexity index is 496. The van der Waals surface area contributed by atoms with E-state index in [0.717, 1.165) is 8.61 Å². The van der Waals surface area contributed by atoms with Crippen molar-refractivity contribution >= 4 is 16.2 Å². The standard InChI is InChI=1S/C10H14F2N2O4S/c11-10(12)3-6-13(7-4-10)19(17,18)14-5-1-2-8(14)9(15)16/h1-2,8H,3-7H2,(H,15,16). The zero-order chi connectivity index (χ0) is 14.3. The molecule has 1 fully saturated rings. The third kappa shape index (κ3) is 2.77. The van der Waals surface area contributed by atoms with Gasteiger partial charge in [-0.15, -0.1) is 0 Å². The third-order valence-electron chi connectivity index (χ3n) is 3.24. The Labute approximate surface area is 109 Å². The van der Waals surface area contributed by atoms with Gasteiger partial charge in [0.1, 0.15) is 6.04 Å². The fourth-order valence-electron chi connectivity index (χ4n) is 2.14. The van der Waals surface area contributed by atoms with E-state index in [1.807, 2.05) is 0 Å². The van der Waals surface area contributed by atoms with E-state index in [0.29, 0.717) is 0 Å². The first-order valence-corrected chi connectivity index (χ1v) is 7.18. The first-order chi connectivity index (χ1) is 8.74. The lowest BCUT2D eigenvalue weighted by Crippen LogP contribution is -2.52. The summed E-state index contributed by atoms with van der Waals surface area (Å²) in [4.78, 5) is 10.9. The van der Waals surface area contributed by atoms with Crippen LogP contribution in [0.1, 0.15) is 12.8 Å². The molecule has 6 nitrogen and oxygen atoms in total. The molecule has 0 aromatic heterocycles. The second kappa shape index (κ2) is 4.80. The number of rotatable bonds is 3. The minimum atomic E-state index is -4.02. The second-order valence-corrected chi connectivity index (χ2v) is 6.42. The van der Waals surface area contributed by atoms with Gasteiger partial charge in [0, 0.05) is 32.5 Å². The summed E-state index contributed by atoms with van der Waals surface area (Å²) in [6.45, 7) is -0.636. The number of nitrogens with zero attached hydrogens (tertiary/aromatic N) is 2. The number of carboxylic acids is 1. The van der Waals surface area contributed by atoms with E-state index >= 15 is 0 Å². The van der Waals surface area contributed by atoms with E-state index in [1.165, 1.54) is 12.2 Å². The van der Waals surface area contributed by atoms with E-state index in [-0.39, 0.29) is 19.6 Å². The van der Waals surface area contributed by atoms with Crippen LogP contribution in [0.15, 0.2) is 12.2 Å². The Kier molecular flexibility index (Phi) is 3.63. The molecule has 108 valence electrons. The molecular weight excluding hydrogens is 282 g/mol. The van der Waals surface area contributed by atoms with Gasteiger partial charge < -0.3 is 5.11 Å². The molecule has 19 heavy (non-hydrogen) atoms. The van der Waals surface area contributed by atoms with Gasteiger partial charge >= 0.3 is 5.97 Å². The van der Waals surface area contributed by atoms with Crippen molar-refractivity contribution in [2.75, 3.05) is 19.6 Å². The van der Waals surface area contributed by atoms with Crippen molar-refractivity contribution in [3.8, 4) is 0 Å². The van der Waals surface area contributed by atoms with Crippen molar-refractivity contribution in [3.05, 3.63) is 12.2 Å². The van der Waals surface area contributed by atoms with Crippen LogP contribution in [0.4, 0.5) is 8.78 Å². The van der Waals surface area contributed by atoms with E-state index < -0.39 is 41.0 Å². The molecule has 2 heterocycles. The van der Waals surface area contributed by atoms with Gasteiger partial charge in [0.05, 0.1) is 0 Å². The highest BCUT2D eigenvalue weighted by Crippen LogP contribution is 2.30. The molecule has 9 heteroatoms. The maximum absolute atomic E-state index is 13.0. The van der Waals surface area contributed by atoms with Crippen LogP contribution in [0.2, 0.25) is 0 Å². The average molecular weight is 296 g/mol. The zero-order valence-corrected chi connectivity index (χ0v) is 10.8. The van der Waals surface area contributed by atoms with Crippen LogP contribution < -0.4 is 0 Å². The summed E-state index contributed by atoms with van der Waals surface area (Å²) in [6, 6.07) is -1.26. The Morgan fingerprint density at radius 2 is 1.89 bits per heavy atom. The zero-order valence-electron chi connectivity index (χ0n) is 10.00. The first-order valence-electron chi connectivity index (χ1n) is 5.78. The molecule has 0 spiro atoms. The summed E-state index contributed by atoms with van der Waals surface area (Å²) < 4.78 is 52.2. The Morgan fingerprint density at radius 3 is 2.42 bits per heavy atom. The fraction of sp³-hybridized carbons (Fsp3) is 0.700. The van der Waals surface area contributed by atoms with E-state index in [1.54, 1.807) is 0 Å². The van der Waals surface area contributed by atoms with Gasteiger partial charge in [-0.05, 0) is 0 Å². The van der Waals surface area contributed by atoms with Crippen LogP contribution in [-0.2, 0) is 15.0 Å². The highest BCUT2D eigenvalue weighted by atomic mass is 32.2. The summed E-state index contributed by atoms with van der Waals surface area (Å²) >= 11 is 0. The van der Waals surface area contributed by atoms with Gasteiger partial charge in [-0.2, -0.15) is 17.0 Å². The molecule has 0 aromatic rings. The molecule has 0 aromatic carbocycles. The summed E-state index contributed by atoms with van der Waals surface area (Å²) in [7, 11) is -4.02. The molecule has 0 bridgehead atoms. The van der Waals surface area contributed by atoms with E-state index in [2.05, 4.69) is 0 Å². The molecule has 2 rings (SSSR count). The highest BCUT2D eigenvalue weighted by Gasteiger charge is 2.43. The van der Waals surface area contributed by atoms with Gasteiger partial charge in [0.2, 0.25) is 0 Å². The van der Waals surface area contributed by atoms with Crippen LogP contribution in [0, 0.1) is 0 Å². The molecule has 1 saturated heterocycles. The smallest absolute Gasteiger partial charge is 0.326 e. The normalized spacial score (nSPS) is 28.6. The average Bonchev–Trinajstić information content (AvgIpc) is 2.77. The minimum Gasteiger partial charge on any atom is -0.480 e. The van der Waals surface area contributed by atoms with E-state index in [4.69, 9.17) is 5.11 Å². The molecule has 1 atom stereocenters. The van der Waals surface area contributed by atoms with Crippen molar-refractivity contribution in [1.82, 2.24) is 8.61 Å². The number of hydrogen-bond acceptors (Lipinski definition) is 3. The summed E-state index contributed by atoms with van der Waals surface area (Å²) in [5.41, 5.74) is 0.